The largest absolute Gasteiger partial charge is 0.383 e. The van der Waals surface area contributed by atoms with E-state index in [1.807, 2.05) is 6.92 Å². The van der Waals surface area contributed by atoms with Crippen molar-refractivity contribution in [1.82, 2.24) is 15.5 Å². The van der Waals surface area contributed by atoms with Crippen LogP contribution in [0, 0.1) is 12.8 Å². The van der Waals surface area contributed by atoms with Crippen molar-refractivity contribution in [3.05, 3.63) is 11.7 Å². The van der Waals surface area contributed by atoms with Crippen molar-refractivity contribution >= 4 is 0 Å². The van der Waals surface area contributed by atoms with Gasteiger partial charge < -0.3 is 14.6 Å². The summed E-state index contributed by atoms with van der Waals surface area (Å²) in [6.07, 6.45) is 1.00. The molecule has 0 bridgehead atoms. The van der Waals surface area contributed by atoms with E-state index >= 15 is 0 Å². The molecule has 0 aliphatic heterocycles. The van der Waals surface area contributed by atoms with Crippen LogP contribution in [0.25, 0.3) is 0 Å². The smallest absolute Gasteiger partial charge is 0.244 e. The first-order chi connectivity index (χ1) is 8.08. The quantitative estimate of drug-likeness (QED) is 0.792. The predicted molar refractivity (Wildman–Crippen MR) is 65.7 cm³/mol. The lowest BCUT2D eigenvalue weighted by Crippen LogP contribution is -2.38. The Labute approximate surface area is 103 Å². The highest BCUT2D eigenvalue weighted by molar-refractivity contribution is 4.94. The van der Waals surface area contributed by atoms with Crippen molar-refractivity contribution in [2.24, 2.45) is 5.92 Å². The maximum atomic E-state index is 5.25. The maximum absolute atomic E-state index is 5.25. The molecule has 5 heteroatoms. The van der Waals surface area contributed by atoms with E-state index in [-0.39, 0.29) is 6.04 Å². The van der Waals surface area contributed by atoms with E-state index in [2.05, 4.69) is 36.2 Å². The second-order valence-electron chi connectivity index (χ2n) is 4.63. The summed E-state index contributed by atoms with van der Waals surface area (Å²) in [7, 11) is 1.71. The Morgan fingerprint density at radius 2 is 2.12 bits per heavy atom. The minimum atomic E-state index is 0.0799. The van der Waals surface area contributed by atoms with Crippen LogP contribution in [-0.4, -0.2) is 29.9 Å². The minimum absolute atomic E-state index is 0.0799. The standard InChI is InChI=1S/C12H23N3O2/c1-6-10(7-16-5)14-11(8(2)3)12-13-9(4)15-17-12/h8,10-11,14H,6-7H2,1-5H3/t10-,11+/m1/s1. The fraction of sp³-hybridized carbons (Fsp3) is 0.833. The zero-order valence-electron chi connectivity index (χ0n) is 11.4. The predicted octanol–water partition coefficient (Wildman–Crippen LogP) is 2.09. The van der Waals surface area contributed by atoms with E-state index < -0.39 is 0 Å². The molecule has 0 aliphatic carbocycles. The van der Waals surface area contributed by atoms with Crippen LogP contribution in [0.3, 0.4) is 0 Å². The fourth-order valence-corrected chi connectivity index (χ4v) is 1.73. The van der Waals surface area contributed by atoms with Gasteiger partial charge in [-0.15, -0.1) is 0 Å². The third kappa shape index (κ3) is 4.09. The molecule has 0 saturated heterocycles. The molecule has 17 heavy (non-hydrogen) atoms. The van der Waals surface area contributed by atoms with Crippen molar-refractivity contribution in [1.29, 1.82) is 0 Å². The molecule has 0 amide bonds. The summed E-state index contributed by atoms with van der Waals surface area (Å²) in [5, 5.41) is 7.35. The zero-order valence-corrected chi connectivity index (χ0v) is 11.4. The molecular formula is C12H23N3O2. The van der Waals surface area contributed by atoms with Crippen LogP contribution in [0.1, 0.15) is 44.9 Å². The van der Waals surface area contributed by atoms with Gasteiger partial charge in [-0.25, -0.2) is 0 Å². The van der Waals surface area contributed by atoms with E-state index in [0.29, 0.717) is 30.3 Å². The Hall–Kier alpha value is -0.940. The molecule has 1 N–H and O–H groups in total. The molecule has 1 rings (SSSR count). The first kappa shape index (κ1) is 14.1. The van der Waals surface area contributed by atoms with E-state index in [1.165, 1.54) is 0 Å². The molecule has 0 spiro atoms. The number of hydrogen-bond acceptors (Lipinski definition) is 5. The number of rotatable bonds is 7. The molecule has 5 nitrogen and oxygen atoms in total. The normalized spacial score (nSPS) is 15.2. The first-order valence-corrected chi connectivity index (χ1v) is 6.13. The summed E-state index contributed by atoms with van der Waals surface area (Å²) >= 11 is 0. The summed E-state index contributed by atoms with van der Waals surface area (Å²) < 4.78 is 10.4. The highest BCUT2D eigenvalue weighted by atomic mass is 16.5. The fourth-order valence-electron chi connectivity index (χ4n) is 1.73. The lowest BCUT2D eigenvalue weighted by molar-refractivity contribution is 0.147. The van der Waals surface area contributed by atoms with Gasteiger partial charge in [-0.1, -0.05) is 25.9 Å². The summed E-state index contributed by atoms with van der Waals surface area (Å²) in [4.78, 5) is 4.30. The lowest BCUT2D eigenvalue weighted by Gasteiger charge is -2.24. The molecule has 0 saturated carbocycles. The molecule has 0 aromatic carbocycles. The molecular weight excluding hydrogens is 218 g/mol. The number of nitrogens with zero attached hydrogens (tertiary/aromatic N) is 2. The lowest BCUT2D eigenvalue weighted by atomic mass is 10.0. The van der Waals surface area contributed by atoms with Gasteiger partial charge in [0.2, 0.25) is 5.89 Å². The van der Waals surface area contributed by atoms with Gasteiger partial charge in [-0.3, -0.25) is 0 Å². The van der Waals surface area contributed by atoms with Crippen LogP contribution in [-0.2, 0) is 4.74 Å². The number of hydrogen-bond donors (Lipinski definition) is 1. The Kier molecular flexibility index (Phi) is 5.58. The highest BCUT2D eigenvalue weighted by Gasteiger charge is 2.24. The van der Waals surface area contributed by atoms with Crippen molar-refractivity contribution in [2.45, 2.75) is 46.2 Å². The van der Waals surface area contributed by atoms with Gasteiger partial charge >= 0.3 is 0 Å². The molecule has 0 radical (unpaired) electrons. The van der Waals surface area contributed by atoms with E-state index in [4.69, 9.17) is 9.26 Å². The van der Waals surface area contributed by atoms with Crippen molar-refractivity contribution in [2.75, 3.05) is 13.7 Å². The molecule has 0 aliphatic rings. The Bertz CT molecular complexity index is 325. The van der Waals surface area contributed by atoms with Gasteiger partial charge in [-0.2, -0.15) is 4.98 Å². The third-order valence-corrected chi connectivity index (χ3v) is 2.75. The number of nitrogens with one attached hydrogen (secondary N) is 1. The molecule has 0 unspecified atom stereocenters. The summed E-state index contributed by atoms with van der Waals surface area (Å²) in [6, 6.07) is 0.385. The second-order valence-corrected chi connectivity index (χ2v) is 4.63. The van der Waals surface area contributed by atoms with Gasteiger partial charge in [0.05, 0.1) is 12.6 Å². The van der Waals surface area contributed by atoms with Crippen molar-refractivity contribution in [3.63, 3.8) is 0 Å². The van der Waals surface area contributed by atoms with Crippen LogP contribution >= 0.6 is 0 Å². The molecule has 98 valence electrons. The topological polar surface area (TPSA) is 60.2 Å². The number of ether oxygens (including phenoxy) is 1. The summed E-state index contributed by atoms with van der Waals surface area (Å²) in [5.74, 6) is 1.72. The molecule has 0 fully saturated rings. The van der Waals surface area contributed by atoms with E-state index in [9.17, 15) is 0 Å². The number of methoxy groups -OCH3 is 1. The Morgan fingerprint density at radius 1 is 1.41 bits per heavy atom. The SMILES string of the molecule is CC[C@H](COC)N[C@H](c1nc(C)no1)C(C)C. The average Bonchev–Trinajstić information content (AvgIpc) is 2.70. The van der Waals surface area contributed by atoms with Gasteiger partial charge in [0, 0.05) is 13.2 Å². The second kappa shape index (κ2) is 6.71. The maximum Gasteiger partial charge on any atom is 0.244 e. The Balaban J connectivity index is 2.72. The Morgan fingerprint density at radius 3 is 2.53 bits per heavy atom. The molecule has 1 aromatic rings. The van der Waals surface area contributed by atoms with Crippen LogP contribution < -0.4 is 5.32 Å². The average molecular weight is 241 g/mol. The summed E-state index contributed by atoms with van der Waals surface area (Å²) in [6.45, 7) is 8.92. The van der Waals surface area contributed by atoms with Crippen molar-refractivity contribution < 1.29 is 9.26 Å². The highest BCUT2D eigenvalue weighted by Crippen LogP contribution is 2.21. The van der Waals surface area contributed by atoms with Crippen LogP contribution in [0.2, 0.25) is 0 Å². The van der Waals surface area contributed by atoms with Gasteiger partial charge in [0.25, 0.3) is 0 Å². The third-order valence-electron chi connectivity index (χ3n) is 2.75. The van der Waals surface area contributed by atoms with Gasteiger partial charge in [0.15, 0.2) is 5.82 Å². The van der Waals surface area contributed by atoms with Crippen LogP contribution in [0.5, 0.6) is 0 Å². The van der Waals surface area contributed by atoms with Gasteiger partial charge in [0.1, 0.15) is 0 Å². The van der Waals surface area contributed by atoms with Crippen LogP contribution in [0.4, 0.5) is 0 Å². The van der Waals surface area contributed by atoms with Crippen LogP contribution in [0.15, 0.2) is 4.52 Å². The van der Waals surface area contributed by atoms with Gasteiger partial charge in [-0.05, 0) is 19.3 Å². The number of aryl methyl sites for hydroxylation is 1. The molecule has 1 aromatic heterocycles. The minimum Gasteiger partial charge on any atom is -0.383 e. The van der Waals surface area contributed by atoms with E-state index in [0.717, 1.165) is 6.42 Å². The van der Waals surface area contributed by atoms with Crippen molar-refractivity contribution in [3.8, 4) is 0 Å². The first-order valence-electron chi connectivity index (χ1n) is 6.13. The monoisotopic (exact) mass is 241 g/mol. The summed E-state index contributed by atoms with van der Waals surface area (Å²) in [5.41, 5.74) is 0. The number of aromatic nitrogens is 2. The molecule has 1 heterocycles. The van der Waals surface area contributed by atoms with E-state index in [1.54, 1.807) is 7.11 Å². The molecule has 2 atom stereocenters. The zero-order chi connectivity index (χ0) is 12.8.